The van der Waals surface area contributed by atoms with Crippen LogP contribution in [0.25, 0.3) is 0 Å². The van der Waals surface area contributed by atoms with Crippen LogP contribution in [0.3, 0.4) is 0 Å². The number of aliphatic hydroxyl groups is 1. The summed E-state index contributed by atoms with van der Waals surface area (Å²) in [6.07, 6.45) is 0.359. The number of halogens is 2. The molecule has 2 atom stereocenters. The van der Waals surface area contributed by atoms with Crippen LogP contribution >= 0.6 is 23.2 Å². The van der Waals surface area contributed by atoms with Crippen molar-refractivity contribution in [2.24, 2.45) is 5.92 Å². The predicted molar refractivity (Wildman–Crippen MR) is 61.0 cm³/mol. The third-order valence-electron chi connectivity index (χ3n) is 2.41. The molecular formula is C11H14Cl2O. The SMILES string of the molecule is CC(O)C(C)Cc1c(Cl)cccc1Cl. The predicted octanol–water partition coefficient (Wildman–Crippen LogP) is 3.55. The average Bonchev–Trinajstić information content (AvgIpc) is 2.11. The number of hydrogen-bond acceptors (Lipinski definition) is 1. The zero-order valence-corrected chi connectivity index (χ0v) is 9.81. The third-order valence-corrected chi connectivity index (χ3v) is 3.12. The zero-order valence-electron chi connectivity index (χ0n) is 8.30. The minimum absolute atomic E-state index is 0.160. The lowest BCUT2D eigenvalue weighted by Gasteiger charge is -2.16. The van der Waals surface area contributed by atoms with Crippen molar-refractivity contribution in [3.05, 3.63) is 33.8 Å². The highest BCUT2D eigenvalue weighted by atomic mass is 35.5. The van der Waals surface area contributed by atoms with E-state index < -0.39 is 0 Å². The summed E-state index contributed by atoms with van der Waals surface area (Å²) in [6.45, 7) is 3.75. The van der Waals surface area contributed by atoms with Gasteiger partial charge in [0.1, 0.15) is 0 Å². The van der Waals surface area contributed by atoms with Crippen molar-refractivity contribution < 1.29 is 5.11 Å². The van der Waals surface area contributed by atoms with E-state index >= 15 is 0 Å². The van der Waals surface area contributed by atoms with Crippen molar-refractivity contribution in [1.82, 2.24) is 0 Å². The van der Waals surface area contributed by atoms with E-state index in [1.165, 1.54) is 0 Å². The Balaban J connectivity index is 2.85. The maximum atomic E-state index is 9.38. The van der Waals surface area contributed by atoms with Crippen LogP contribution in [0.5, 0.6) is 0 Å². The Morgan fingerprint density at radius 1 is 1.21 bits per heavy atom. The van der Waals surface area contributed by atoms with Crippen LogP contribution in [0.1, 0.15) is 19.4 Å². The monoisotopic (exact) mass is 232 g/mol. The Kier molecular flexibility index (Phi) is 4.24. The second-order valence-electron chi connectivity index (χ2n) is 3.62. The van der Waals surface area contributed by atoms with Gasteiger partial charge in [-0.1, -0.05) is 36.2 Å². The maximum Gasteiger partial charge on any atom is 0.0540 e. The topological polar surface area (TPSA) is 20.2 Å². The first-order valence-corrected chi connectivity index (χ1v) is 5.39. The molecule has 1 aromatic rings. The van der Waals surface area contributed by atoms with Gasteiger partial charge in [0.05, 0.1) is 6.10 Å². The lowest BCUT2D eigenvalue weighted by molar-refractivity contribution is 0.135. The van der Waals surface area contributed by atoms with Gasteiger partial charge in [0, 0.05) is 10.0 Å². The molecule has 0 aliphatic carbocycles. The first-order chi connectivity index (χ1) is 6.52. The highest BCUT2D eigenvalue weighted by Crippen LogP contribution is 2.27. The molecule has 0 fully saturated rings. The molecule has 3 heteroatoms. The summed E-state index contributed by atoms with van der Waals surface area (Å²) in [5.74, 6) is 0.160. The molecular weight excluding hydrogens is 219 g/mol. The summed E-state index contributed by atoms with van der Waals surface area (Å²) < 4.78 is 0. The molecule has 2 unspecified atom stereocenters. The van der Waals surface area contributed by atoms with E-state index in [-0.39, 0.29) is 12.0 Å². The Hall–Kier alpha value is -0.240. The molecule has 0 aromatic heterocycles. The average molecular weight is 233 g/mol. The molecule has 1 rings (SSSR count). The molecule has 0 bridgehead atoms. The minimum atomic E-state index is -0.345. The van der Waals surface area contributed by atoms with Gasteiger partial charge >= 0.3 is 0 Å². The summed E-state index contributed by atoms with van der Waals surface area (Å²) in [4.78, 5) is 0. The molecule has 1 N–H and O–H groups in total. The molecule has 0 amide bonds. The molecule has 0 radical (unpaired) electrons. The van der Waals surface area contributed by atoms with Gasteiger partial charge in [-0.05, 0) is 37.0 Å². The Morgan fingerprint density at radius 3 is 2.14 bits per heavy atom. The summed E-state index contributed by atoms with van der Waals surface area (Å²) in [7, 11) is 0. The van der Waals surface area contributed by atoms with Gasteiger partial charge in [-0.3, -0.25) is 0 Å². The molecule has 1 aromatic carbocycles. The number of benzene rings is 1. The highest BCUT2D eigenvalue weighted by Gasteiger charge is 2.13. The fourth-order valence-electron chi connectivity index (χ4n) is 1.22. The van der Waals surface area contributed by atoms with E-state index in [9.17, 15) is 5.11 Å². The number of aliphatic hydroxyl groups excluding tert-OH is 1. The first-order valence-electron chi connectivity index (χ1n) is 4.63. The van der Waals surface area contributed by atoms with Crippen molar-refractivity contribution in [3.63, 3.8) is 0 Å². The van der Waals surface area contributed by atoms with Crippen molar-refractivity contribution in [2.75, 3.05) is 0 Å². The van der Waals surface area contributed by atoms with Gasteiger partial charge < -0.3 is 5.11 Å². The lowest BCUT2D eigenvalue weighted by atomic mass is 9.97. The molecule has 1 nitrogen and oxygen atoms in total. The van der Waals surface area contributed by atoms with Crippen LogP contribution in [-0.2, 0) is 6.42 Å². The minimum Gasteiger partial charge on any atom is -0.393 e. The van der Waals surface area contributed by atoms with E-state index in [1.807, 2.05) is 25.1 Å². The number of rotatable bonds is 3. The van der Waals surface area contributed by atoms with Gasteiger partial charge in [-0.15, -0.1) is 0 Å². The fraction of sp³-hybridized carbons (Fsp3) is 0.455. The molecule has 0 aliphatic rings. The van der Waals surface area contributed by atoms with E-state index in [0.29, 0.717) is 16.5 Å². The highest BCUT2D eigenvalue weighted by molar-refractivity contribution is 6.35. The maximum absolute atomic E-state index is 9.38. The third kappa shape index (κ3) is 2.88. The summed E-state index contributed by atoms with van der Waals surface area (Å²) in [5, 5.41) is 10.7. The number of hydrogen-bond donors (Lipinski definition) is 1. The summed E-state index contributed by atoms with van der Waals surface area (Å²) >= 11 is 12.0. The summed E-state index contributed by atoms with van der Waals surface area (Å²) in [5.41, 5.74) is 0.921. The van der Waals surface area contributed by atoms with Gasteiger partial charge in [-0.2, -0.15) is 0 Å². The molecule has 78 valence electrons. The molecule has 0 heterocycles. The van der Waals surface area contributed by atoms with Crippen LogP contribution in [0.4, 0.5) is 0 Å². The second-order valence-corrected chi connectivity index (χ2v) is 4.44. The molecule has 0 saturated heterocycles. The van der Waals surface area contributed by atoms with Crippen LogP contribution in [0.2, 0.25) is 10.0 Å². The van der Waals surface area contributed by atoms with Crippen LogP contribution in [0.15, 0.2) is 18.2 Å². The Morgan fingerprint density at radius 2 is 1.71 bits per heavy atom. The van der Waals surface area contributed by atoms with Gasteiger partial charge in [0.2, 0.25) is 0 Å². The van der Waals surface area contributed by atoms with Crippen molar-refractivity contribution in [1.29, 1.82) is 0 Å². The largest absolute Gasteiger partial charge is 0.393 e. The molecule has 0 spiro atoms. The quantitative estimate of drug-likeness (QED) is 0.846. The van der Waals surface area contributed by atoms with Crippen molar-refractivity contribution in [2.45, 2.75) is 26.4 Å². The van der Waals surface area contributed by atoms with Crippen LogP contribution in [0, 0.1) is 5.92 Å². The standard InChI is InChI=1S/C11H14Cl2O/c1-7(8(2)14)6-9-10(12)4-3-5-11(9)13/h3-5,7-8,14H,6H2,1-2H3. The first kappa shape index (κ1) is 11.8. The van der Waals surface area contributed by atoms with E-state index in [1.54, 1.807) is 6.92 Å². The smallest absolute Gasteiger partial charge is 0.0540 e. The van der Waals surface area contributed by atoms with Crippen molar-refractivity contribution >= 4 is 23.2 Å². The molecule has 0 aliphatic heterocycles. The van der Waals surface area contributed by atoms with Gasteiger partial charge in [0.25, 0.3) is 0 Å². The normalized spacial score (nSPS) is 15.2. The van der Waals surface area contributed by atoms with Crippen LogP contribution in [-0.4, -0.2) is 11.2 Å². The summed E-state index contributed by atoms with van der Waals surface area (Å²) in [6, 6.07) is 5.45. The molecule has 0 saturated carbocycles. The lowest BCUT2D eigenvalue weighted by Crippen LogP contribution is -2.15. The zero-order chi connectivity index (χ0) is 10.7. The van der Waals surface area contributed by atoms with Crippen molar-refractivity contribution in [3.8, 4) is 0 Å². The van der Waals surface area contributed by atoms with E-state index in [4.69, 9.17) is 23.2 Å². The van der Waals surface area contributed by atoms with E-state index in [2.05, 4.69) is 0 Å². The Labute approximate surface area is 94.7 Å². The second kappa shape index (κ2) is 5.01. The fourth-order valence-corrected chi connectivity index (χ4v) is 1.77. The van der Waals surface area contributed by atoms with Gasteiger partial charge in [-0.25, -0.2) is 0 Å². The van der Waals surface area contributed by atoms with Crippen LogP contribution < -0.4 is 0 Å². The van der Waals surface area contributed by atoms with E-state index in [0.717, 1.165) is 5.56 Å². The van der Waals surface area contributed by atoms with Gasteiger partial charge in [0.15, 0.2) is 0 Å². The molecule has 14 heavy (non-hydrogen) atoms. The Bertz CT molecular complexity index is 290.